The molecule has 0 saturated heterocycles. The summed E-state index contributed by atoms with van der Waals surface area (Å²) < 4.78 is 16.1. The van der Waals surface area contributed by atoms with Crippen LogP contribution in [0.5, 0.6) is 11.5 Å². The van der Waals surface area contributed by atoms with Crippen LogP contribution < -0.4 is 9.47 Å². The first-order valence-corrected chi connectivity index (χ1v) is 11.0. The second-order valence-electron chi connectivity index (χ2n) is 7.29. The largest absolute Gasteiger partial charge is 0.458 e. The predicted molar refractivity (Wildman–Crippen MR) is 122 cm³/mol. The number of carbonyl (C=O) groups excluding carboxylic acids is 3. The van der Waals surface area contributed by atoms with Crippen LogP contribution in [0, 0.1) is 0 Å². The molecule has 2 rings (SSSR count). The number of benzene rings is 2. The van der Waals surface area contributed by atoms with Crippen LogP contribution in [0.3, 0.4) is 0 Å². The highest BCUT2D eigenvalue weighted by atomic mass is 16.6. The molecule has 0 unspecified atom stereocenters. The van der Waals surface area contributed by atoms with Gasteiger partial charge in [0.05, 0.1) is 0 Å². The quantitative estimate of drug-likeness (QED) is 0.243. The van der Waals surface area contributed by atoms with Crippen molar-refractivity contribution in [3.8, 4) is 11.5 Å². The first kappa shape index (κ1) is 24.9. The number of esters is 3. The van der Waals surface area contributed by atoms with E-state index < -0.39 is 11.9 Å². The Bertz CT molecular complexity index is 917. The number of unbranched alkanes of at least 4 members (excludes halogenated alkanes) is 2. The smallest absolute Gasteiger partial charge is 0.331 e. The van der Waals surface area contributed by atoms with Crippen molar-refractivity contribution in [2.75, 3.05) is 0 Å². The fraction of sp³-hybridized carbons (Fsp3) is 0.346. The third-order valence-corrected chi connectivity index (χ3v) is 4.52. The van der Waals surface area contributed by atoms with Crippen LogP contribution in [-0.2, 0) is 25.7 Å². The molecular formula is C26H30O6. The van der Waals surface area contributed by atoms with Crippen molar-refractivity contribution in [1.29, 1.82) is 0 Å². The molecule has 32 heavy (non-hydrogen) atoms. The van der Waals surface area contributed by atoms with Gasteiger partial charge >= 0.3 is 17.9 Å². The van der Waals surface area contributed by atoms with E-state index in [2.05, 4.69) is 0 Å². The van der Waals surface area contributed by atoms with Gasteiger partial charge in [-0.2, -0.15) is 0 Å². The first-order chi connectivity index (χ1) is 15.5. The van der Waals surface area contributed by atoms with Crippen molar-refractivity contribution in [1.82, 2.24) is 0 Å². The summed E-state index contributed by atoms with van der Waals surface area (Å²) in [7, 11) is 0. The molecular weight excluding hydrogens is 408 g/mol. The topological polar surface area (TPSA) is 78.9 Å². The molecule has 0 saturated carbocycles. The van der Waals surface area contributed by atoms with E-state index in [-0.39, 0.29) is 36.9 Å². The normalized spacial score (nSPS) is 10.7. The first-order valence-electron chi connectivity index (χ1n) is 11.0. The van der Waals surface area contributed by atoms with E-state index in [0.29, 0.717) is 12.0 Å². The highest BCUT2D eigenvalue weighted by molar-refractivity contribution is 5.87. The Balaban J connectivity index is 2.08. The molecule has 6 heteroatoms. The molecule has 0 radical (unpaired) electrons. The van der Waals surface area contributed by atoms with Gasteiger partial charge in [0.25, 0.3) is 0 Å². The molecule has 0 fully saturated rings. The number of ether oxygens (including phenoxy) is 3. The maximum atomic E-state index is 12.1. The zero-order valence-electron chi connectivity index (χ0n) is 18.7. The van der Waals surface area contributed by atoms with Gasteiger partial charge in [-0.3, -0.25) is 9.59 Å². The minimum Gasteiger partial charge on any atom is -0.458 e. The predicted octanol–water partition coefficient (Wildman–Crippen LogP) is 5.63. The fourth-order valence-corrected chi connectivity index (χ4v) is 2.72. The summed E-state index contributed by atoms with van der Waals surface area (Å²) in [6, 6.07) is 14.2. The third kappa shape index (κ3) is 9.16. The molecule has 0 heterocycles. The van der Waals surface area contributed by atoms with Crippen molar-refractivity contribution in [2.24, 2.45) is 0 Å². The standard InChI is InChI=1S/C26H30O6/c1-3-5-12-25(28)31-22-16-14-20(18-23(22)32-26(29)13-6-4-2)15-17-24(27)30-19-21-10-8-7-9-11-21/h7-11,14-18H,3-6,12-13,19H2,1-2H3/b17-15+. The van der Waals surface area contributed by atoms with Crippen molar-refractivity contribution in [2.45, 2.75) is 59.0 Å². The van der Waals surface area contributed by atoms with E-state index in [1.54, 1.807) is 24.3 Å². The summed E-state index contributed by atoms with van der Waals surface area (Å²) in [5.41, 5.74) is 1.50. The lowest BCUT2D eigenvalue weighted by Crippen LogP contribution is -2.12. The molecule has 0 N–H and O–H groups in total. The van der Waals surface area contributed by atoms with Gasteiger partial charge in [0.2, 0.25) is 0 Å². The number of rotatable bonds is 12. The molecule has 6 nitrogen and oxygen atoms in total. The molecule has 0 aliphatic heterocycles. The average Bonchev–Trinajstić information content (AvgIpc) is 2.80. The SMILES string of the molecule is CCCCC(=O)Oc1ccc(/C=C/C(=O)OCc2ccccc2)cc1OC(=O)CCCC. The third-order valence-electron chi connectivity index (χ3n) is 4.52. The molecule has 0 spiro atoms. The lowest BCUT2D eigenvalue weighted by atomic mass is 10.2. The Labute approximate surface area is 189 Å². The van der Waals surface area contributed by atoms with E-state index in [4.69, 9.17) is 14.2 Å². The summed E-state index contributed by atoms with van der Waals surface area (Å²) in [4.78, 5) is 36.2. The minimum atomic E-state index is -0.495. The van der Waals surface area contributed by atoms with Gasteiger partial charge in [0, 0.05) is 18.9 Å². The monoisotopic (exact) mass is 438 g/mol. The molecule has 170 valence electrons. The maximum Gasteiger partial charge on any atom is 0.331 e. The Morgan fingerprint density at radius 3 is 2.06 bits per heavy atom. The van der Waals surface area contributed by atoms with E-state index in [9.17, 15) is 14.4 Å². The van der Waals surface area contributed by atoms with Gasteiger partial charge in [-0.05, 0) is 42.2 Å². The zero-order chi connectivity index (χ0) is 23.2. The van der Waals surface area contributed by atoms with Crippen molar-refractivity contribution in [3.63, 3.8) is 0 Å². The molecule has 0 aliphatic carbocycles. The van der Waals surface area contributed by atoms with Gasteiger partial charge < -0.3 is 14.2 Å². The Morgan fingerprint density at radius 2 is 1.44 bits per heavy atom. The molecule has 0 aliphatic rings. The highest BCUT2D eigenvalue weighted by Crippen LogP contribution is 2.30. The summed E-state index contributed by atoms with van der Waals surface area (Å²) in [5.74, 6) is -0.951. The maximum absolute atomic E-state index is 12.1. The van der Waals surface area contributed by atoms with Crippen LogP contribution in [-0.4, -0.2) is 17.9 Å². The molecule has 0 amide bonds. The Kier molecular flexibility index (Phi) is 10.7. The van der Waals surface area contributed by atoms with Gasteiger partial charge in [-0.25, -0.2) is 4.79 Å². The zero-order valence-corrected chi connectivity index (χ0v) is 18.7. The van der Waals surface area contributed by atoms with E-state index in [1.165, 1.54) is 6.08 Å². The lowest BCUT2D eigenvalue weighted by Gasteiger charge is -2.11. The van der Waals surface area contributed by atoms with Crippen LogP contribution in [0.1, 0.15) is 63.5 Å². The summed E-state index contributed by atoms with van der Waals surface area (Å²) in [6.07, 6.45) is 6.57. The highest BCUT2D eigenvalue weighted by Gasteiger charge is 2.14. The van der Waals surface area contributed by atoms with Crippen LogP contribution in [0.25, 0.3) is 6.08 Å². The van der Waals surface area contributed by atoms with Crippen LogP contribution in [0.15, 0.2) is 54.6 Å². The lowest BCUT2D eigenvalue weighted by molar-refractivity contribution is -0.139. The van der Waals surface area contributed by atoms with Crippen LogP contribution in [0.4, 0.5) is 0 Å². The van der Waals surface area contributed by atoms with Gasteiger partial charge in [0.15, 0.2) is 11.5 Å². The summed E-state index contributed by atoms with van der Waals surface area (Å²) in [6.45, 7) is 4.15. The van der Waals surface area contributed by atoms with Crippen LogP contribution >= 0.6 is 0 Å². The fourth-order valence-electron chi connectivity index (χ4n) is 2.72. The number of carbonyl (C=O) groups is 3. The van der Waals surface area contributed by atoms with E-state index in [0.717, 1.165) is 24.8 Å². The van der Waals surface area contributed by atoms with Crippen molar-refractivity contribution >= 4 is 24.0 Å². The average molecular weight is 439 g/mol. The van der Waals surface area contributed by atoms with Gasteiger partial charge in [0.1, 0.15) is 6.61 Å². The second-order valence-corrected chi connectivity index (χ2v) is 7.29. The van der Waals surface area contributed by atoms with Gasteiger partial charge in [-0.15, -0.1) is 0 Å². The molecule has 2 aromatic carbocycles. The second kappa shape index (κ2) is 13.8. The summed E-state index contributed by atoms with van der Waals surface area (Å²) in [5, 5.41) is 0. The molecule has 0 aromatic heterocycles. The molecule has 0 atom stereocenters. The van der Waals surface area contributed by atoms with E-state index >= 15 is 0 Å². The van der Waals surface area contributed by atoms with Crippen molar-refractivity contribution in [3.05, 3.63) is 65.7 Å². The van der Waals surface area contributed by atoms with Gasteiger partial charge in [-0.1, -0.05) is 63.1 Å². The Morgan fingerprint density at radius 1 is 0.812 bits per heavy atom. The minimum absolute atomic E-state index is 0.149. The summed E-state index contributed by atoms with van der Waals surface area (Å²) >= 11 is 0. The Hall–Kier alpha value is -3.41. The number of hydrogen-bond acceptors (Lipinski definition) is 6. The van der Waals surface area contributed by atoms with Crippen LogP contribution in [0.2, 0.25) is 0 Å². The number of hydrogen-bond donors (Lipinski definition) is 0. The molecule has 2 aromatic rings. The van der Waals surface area contributed by atoms with Crippen molar-refractivity contribution < 1.29 is 28.6 Å². The van der Waals surface area contributed by atoms with E-state index in [1.807, 2.05) is 44.2 Å². The molecule has 0 bridgehead atoms.